The van der Waals surface area contributed by atoms with Crippen molar-refractivity contribution in [3.05, 3.63) is 83.4 Å². The van der Waals surface area contributed by atoms with Crippen LogP contribution in [-0.2, 0) is 16.2 Å². The minimum Gasteiger partial charge on any atom is -0.332 e. The number of sulfonamides is 1. The highest BCUT2D eigenvalue weighted by Crippen LogP contribution is 2.30. The molecule has 0 spiro atoms. The van der Waals surface area contributed by atoms with E-state index in [-0.39, 0.29) is 15.7 Å². The molecule has 31 heavy (non-hydrogen) atoms. The molecule has 5 nitrogen and oxygen atoms in total. The fourth-order valence-electron chi connectivity index (χ4n) is 2.51. The summed E-state index contributed by atoms with van der Waals surface area (Å²) in [7, 11) is -3.99. The average Bonchev–Trinajstić information content (AvgIpc) is 2.69. The van der Waals surface area contributed by atoms with Gasteiger partial charge in [0.2, 0.25) is 0 Å². The van der Waals surface area contributed by atoms with Gasteiger partial charge in [0.05, 0.1) is 21.2 Å². The van der Waals surface area contributed by atoms with E-state index >= 15 is 0 Å². The molecule has 0 fully saturated rings. The largest absolute Gasteiger partial charge is 0.416 e. The Balaban J connectivity index is 1.65. The molecule has 0 aromatic heterocycles. The summed E-state index contributed by atoms with van der Waals surface area (Å²) in [5, 5.41) is 6.58. The third-order valence-electron chi connectivity index (χ3n) is 4.01. The first-order chi connectivity index (χ1) is 14.5. The van der Waals surface area contributed by atoms with Gasteiger partial charge in [-0.2, -0.15) is 13.2 Å². The minimum atomic E-state index is -4.50. The average molecular weight is 486 g/mol. The van der Waals surface area contributed by atoms with E-state index < -0.39 is 21.8 Å². The molecule has 3 N–H and O–H groups in total. The summed E-state index contributed by atoms with van der Waals surface area (Å²) in [5.74, 6) is 0. The lowest BCUT2D eigenvalue weighted by atomic mass is 10.2. The summed E-state index contributed by atoms with van der Waals surface area (Å²) >= 11 is 11.3. The van der Waals surface area contributed by atoms with E-state index in [1.165, 1.54) is 24.3 Å². The van der Waals surface area contributed by atoms with Crippen molar-refractivity contribution in [1.29, 1.82) is 0 Å². The fraction of sp³-hybridized carbons (Fsp3) is 0.0500. The number of nitrogens with one attached hydrogen (secondary N) is 3. The van der Waals surface area contributed by atoms with Crippen LogP contribution in [0.1, 0.15) is 5.56 Å². The van der Waals surface area contributed by atoms with Gasteiger partial charge in [-0.1, -0.05) is 23.7 Å². The number of benzene rings is 3. The third kappa shape index (κ3) is 6.09. The Bertz CT molecular complexity index is 1180. The van der Waals surface area contributed by atoms with Gasteiger partial charge in [0.1, 0.15) is 0 Å². The summed E-state index contributed by atoms with van der Waals surface area (Å²) < 4.78 is 65.1. The zero-order valence-corrected chi connectivity index (χ0v) is 18.0. The second-order valence-corrected chi connectivity index (χ2v) is 8.76. The molecule has 162 valence electrons. The first-order valence-electron chi connectivity index (χ1n) is 8.67. The molecule has 11 heteroatoms. The van der Waals surface area contributed by atoms with Crippen molar-refractivity contribution >= 4 is 56.0 Å². The van der Waals surface area contributed by atoms with Gasteiger partial charge in [0, 0.05) is 11.4 Å². The fourth-order valence-corrected chi connectivity index (χ4v) is 3.98. The Kier molecular flexibility index (Phi) is 6.73. The molecule has 0 saturated heterocycles. The second kappa shape index (κ2) is 9.13. The van der Waals surface area contributed by atoms with Crippen molar-refractivity contribution in [2.24, 2.45) is 0 Å². The topological polar surface area (TPSA) is 70.2 Å². The number of rotatable bonds is 5. The maximum atomic E-state index is 12.6. The Labute approximate surface area is 187 Å². The van der Waals surface area contributed by atoms with Crippen LogP contribution in [0.4, 0.5) is 30.2 Å². The SMILES string of the molecule is O=S(=O)(Nc1ccc(C(F)(F)F)cc1)c1ccc(NC(=S)Nc2ccccc2Cl)cc1. The number of alkyl halides is 3. The Morgan fingerprint density at radius 3 is 2.00 bits per heavy atom. The molecule has 3 aromatic carbocycles. The molecule has 0 radical (unpaired) electrons. The van der Waals surface area contributed by atoms with E-state index in [1.54, 1.807) is 24.3 Å². The molecule has 0 aliphatic rings. The molecule has 0 amide bonds. The van der Waals surface area contributed by atoms with Crippen LogP contribution in [0.15, 0.2) is 77.7 Å². The molecule has 0 aliphatic carbocycles. The van der Waals surface area contributed by atoms with E-state index in [9.17, 15) is 21.6 Å². The maximum absolute atomic E-state index is 12.6. The van der Waals surface area contributed by atoms with E-state index in [0.717, 1.165) is 24.3 Å². The predicted octanol–water partition coefficient (Wildman–Crippen LogP) is 5.97. The van der Waals surface area contributed by atoms with Gasteiger partial charge in [0.15, 0.2) is 5.11 Å². The van der Waals surface area contributed by atoms with Crippen LogP contribution < -0.4 is 15.4 Å². The number of anilines is 3. The highest BCUT2D eigenvalue weighted by molar-refractivity contribution is 7.92. The van der Waals surface area contributed by atoms with Crippen molar-refractivity contribution in [1.82, 2.24) is 0 Å². The number of hydrogen-bond acceptors (Lipinski definition) is 3. The van der Waals surface area contributed by atoms with Crippen LogP contribution >= 0.6 is 23.8 Å². The van der Waals surface area contributed by atoms with Crippen LogP contribution in [0.2, 0.25) is 5.02 Å². The molecule has 0 aliphatic heterocycles. The van der Waals surface area contributed by atoms with E-state index in [4.69, 9.17) is 23.8 Å². The second-order valence-electron chi connectivity index (χ2n) is 6.26. The molecular weight excluding hydrogens is 471 g/mol. The molecule has 3 rings (SSSR count). The van der Waals surface area contributed by atoms with Crippen molar-refractivity contribution in [3.63, 3.8) is 0 Å². The van der Waals surface area contributed by atoms with Crippen LogP contribution in [0, 0.1) is 0 Å². The molecular formula is C20H15ClF3N3O2S2. The smallest absolute Gasteiger partial charge is 0.332 e. The van der Waals surface area contributed by atoms with Gasteiger partial charge in [-0.05, 0) is 72.9 Å². The highest BCUT2D eigenvalue weighted by atomic mass is 35.5. The van der Waals surface area contributed by atoms with Gasteiger partial charge in [0.25, 0.3) is 10.0 Å². The highest BCUT2D eigenvalue weighted by Gasteiger charge is 2.30. The zero-order valence-electron chi connectivity index (χ0n) is 15.6. The number of thiocarbonyl (C=S) groups is 1. The van der Waals surface area contributed by atoms with Crippen LogP contribution in [0.25, 0.3) is 0 Å². The first-order valence-corrected chi connectivity index (χ1v) is 10.9. The van der Waals surface area contributed by atoms with Crippen molar-refractivity contribution in [3.8, 4) is 0 Å². The summed E-state index contributed by atoms with van der Waals surface area (Å²) in [6.45, 7) is 0. The lowest BCUT2D eigenvalue weighted by Gasteiger charge is -2.13. The summed E-state index contributed by atoms with van der Waals surface area (Å²) in [6.07, 6.45) is -4.50. The van der Waals surface area contributed by atoms with Gasteiger partial charge in [-0.3, -0.25) is 4.72 Å². The summed E-state index contributed by atoms with van der Waals surface area (Å²) in [4.78, 5) is -0.0667. The van der Waals surface area contributed by atoms with Crippen LogP contribution in [-0.4, -0.2) is 13.5 Å². The predicted molar refractivity (Wildman–Crippen MR) is 120 cm³/mol. The zero-order chi connectivity index (χ0) is 22.6. The molecule has 0 heterocycles. The quantitative estimate of drug-likeness (QED) is 0.388. The van der Waals surface area contributed by atoms with Gasteiger partial charge in [-0.15, -0.1) is 0 Å². The van der Waals surface area contributed by atoms with Gasteiger partial charge < -0.3 is 10.6 Å². The molecule has 3 aromatic rings. The van der Waals surface area contributed by atoms with E-state index in [2.05, 4.69) is 15.4 Å². The van der Waals surface area contributed by atoms with Crippen molar-refractivity contribution in [2.75, 3.05) is 15.4 Å². The van der Waals surface area contributed by atoms with Gasteiger partial charge >= 0.3 is 6.18 Å². The van der Waals surface area contributed by atoms with E-state index in [1.807, 2.05) is 0 Å². The van der Waals surface area contributed by atoms with E-state index in [0.29, 0.717) is 16.4 Å². The number of hydrogen-bond donors (Lipinski definition) is 3. The summed E-state index contributed by atoms with van der Waals surface area (Å²) in [5.41, 5.74) is 0.284. The number of para-hydroxylation sites is 1. The molecule has 0 saturated carbocycles. The van der Waals surface area contributed by atoms with Crippen molar-refractivity contribution < 1.29 is 21.6 Å². The summed E-state index contributed by atoms with van der Waals surface area (Å²) in [6, 6.07) is 16.4. The normalized spacial score (nSPS) is 11.6. The maximum Gasteiger partial charge on any atom is 0.416 e. The van der Waals surface area contributed by atoms with Crippen molar-refractivity contribution in [2.45, 2.75) is 11.1 Å². The standard InChI is InChI=1S/C20H15ClF3N3O2S2/c21-17-3-1-2-4-18(17)26-19(30)25-14-9-11-16(12-10-14)31(28,29)27-15-7-5-13(6-8-15)20(22,23)24/h1-12,27H,(H2,25,26,30). The lowest BCUT2D eigenvalue weighted by Crippen LogP contribution is -2.19. The lowest BCUT2D eigenvalue weighted by molar-refractivity contribution is -0.137. The minimum absolute atomic E-state index is 0.0142. The molecule has 0 atom stereocenters. The van der Waals surface area contributed by atoms with Crippen LogP contribution in [0.3, 0.4) is 0 Å². The monoisotopic (exact) mass is 485 g/mol. The van der Waals surface area contributed by atoms with Crippen LogP contribution in [0.5, 0.6) is 0 Å². The number of halogens is 4. The van der Waals surface area contributed by atoms with Gasteiger partial charge in [-0.25, -0.2) is 8.42 Å². The Hall–Kier alpha value is -2.82. The first kappa shape index (κ1) is 22.9. The Morgan fingerprint density at radius 1 is 0.839 bits per heavy atom. The third-order valence-corrected chi connectivity index (χ3v) is 5.94. The molecule has 0 bridgehead atoms. The molecule has 0 unspecified atom stereocenters. The Morgan fingerprint density at radius 2 is 1.42 bits per heavy atom.